The van der Waals surface area contributed by atoms with Crippen molar-refractivity contribution in [3.05, 3.63) is 22.3 Å². The highest BCUT2D eigenvalue weighted by molar-refractivity contribution is 6.82. The molecule has 0 amide bonds. The van der Waals surface area contributed by atoms with Crippen LogP contribution in [-0.4, -0.2) is 37.6 Å². The average molecular weight is 836 g/mol. The number of nitrogens with zero attached hydrogens (tertiary/aromatic N) is 1. The summed E-state index contributed by atoms with van der Waals surface area (Å²) >= 11 is 0. The molecule has 3 nitrogen and oxygen atoms in total. The highest BCUT2D eigenvalue weighted by Crippen LogP contribution is 2.91. The van der Waals surface area contributed by atoms with Crippen LogP contribution < -0.4 is 0 Å². The first-order chi connectivity index (χ1) is 33.7. The molecule has 28 aromatic rings. The fourth-order valence-electron chi connectivity index (χ4n) is 25.4. The van der Waals surface area contributed by atoms with Crippen molar-refractivity contribution in [1.82, 2.24) is 4.90 Å². The molecule has 5 aliphatic carbocycles. The predicted molar refractivity (Wildman–Crippen MR) is 282 cm³/mol. The van der Waals surface area contributed by atoms with Gasteiger partial charge in [-0.15, -0.1) is 0 Å². The third kappa shape index (κ3) is 1.26. The first kappa shape index (κ1) is 25.1. The largest absolute Gasteiger partial charge is 0.468 e. The summed E-state index contributed by atoms with van der Waals surface area (Å²) in [5.74, 6) is -0.124. The van der Waals surface area contributed by atoms with Gasteiger partial charge in [0, 0.05) is 6.04 Å². The van der Waals surface area contributed by atoms with Crippen LogP contribution in [0.5, 0.6) is 0 Å². The molecule has 5 aliphatic rings. The van der Waals surface area contributed by atoms with Crippen LogP contribution in [0.3, 0.4) is 0 Å². The topological polar surface area (TPSA) is 29.5 Å². The van der Waals surface area contributed by atoms with Gasteiger partial charge in [-0.3, -0.25) is 9.69 Å². The lowest BCUT2D eigenvalue weighted by Gasteiger charge is -2.32. The van der Waals surface area contributed by atoms with Crippen LogP contribution in [0.2, 0.25) is 0 Å². The molecular formula is C65H9NO2. The molecule has 0 unspecified atom stereocenters. The lowest BCUT2D eigenvalue weighted by Crippen LogP contribution is -2.33. The Hall–Kier alpha value is -8.11. The fraction of sp³-hybridized carbons (Fsp3) is 0.0923. The quantitative estimate of drug-likeness (QED) is 0.131. The van der Waals surface area contributed by atoms with E-state index in [1.54, 1.807) is 320 Å². The van der Waals surface area contributed by atoms with Crippen molar-refractivity contribution in [3.63, 3.8) is 0 Å². The Kier molecular flexibility index (Phi) is 2.05. The second-order valence-electron chi connectivity index (χ2n) is 25.3. The number of carbonyl (C=O) groups excluding carboxylic acids is 1. The fourth-order valence-corrected chi connectivity index (χ4v) is 25.4. The SMILES string of the molecule is COC(=O)CN(C)C1C23c4c5c6c7c8c9c(c%10c%11c2c2c4c4c%12c5c5c6c6c8c8c%13c9c9c%10c%10c%11c%11c2c2c4c4c%12c%12c5c5c6c8c6c8c%13c9c9c%10c%10c%11c2c2c4c4c%12c5c6c5c8c9c%10c2c45)C713. The van der Waals surface area contributed by atoms with Gasteiger partial charge >= 0.3 is 5.97 Å². The van der Waals surface area contributed by atoms with E-state index < -0.39 is 0 Å². The molecule has 0 saturated heterocycles. The Morgan fingerprint density at radius 2 is 0.426 bits per heavy atom. The molecule has 3 heteroatoms. The van der Waals surface area contributed by atoms with Gasteiger partial charge in [0.15, 0.2) is 0 Å². The maximum atomic E-state index is 13.9. The minimum atomic E-state index is -0.304. The minimum Gasteiger partial charge on any atom is -0.468 e. The third-order valence-corrected chi connectivity index (χ3v) is 25.2. The number of methoxy groups -OCH3 is 1. The number of likely N-dealkylation sites (N-methyl/N-ethyl adjacent to an activating group) is 1. The first-order valence-corrected chi connectivity index (χ1v) is 25.3. The molecule has 0 aromatic heterocycles. The highest BCUT2D eigenvalue weighted by Gasteiger charge is 2.87. The van der Waals surface area contributed by atoms with Gasteiger partial charge in [0.05, 0.1) is 24.5 Å². The number of hydrogen-bond donors (Lipinski definition) is 0. The Morgan fingerprint density at radius 1 is 0.294 bits per heavy atom. The van der Waals surface area contributed by atoms with Crippen molar-refractivity contribution in [1.29, 1.82) is 0 Å². The number of benzene rings is 18. The summed E-state index contributed by atoms with van der Waals surface area (Å²) in [4.78, 5) is 16.4. The summed E-state index contributed by atoms with van der Waals surface area (Å²) in [6, 6.07) is 0.0997. The zero-order chi connectivity index (χ0) is 40.6. The Labute approximate surface area is 369 Å². The van der Waals surface area contributed by atoms with Crippen molar-refractivity contribution in [3.8, 4) is 0 Å². The normalized spacial score (nSPS) is 23.7. The van der Waals surface area contributed by atoms with Crippen LogP contribution >= 0.6 is 0 Å². The Morgan fingerprint density at radius 3 is 0.559 bits per heavy atom. The van der Waals surface area contributed by atoms with Gasteiger partial charge < -0.3 is 4.74 Å². The van der Waals surface area contributed by atoms with Crippen LogP contribution in [0.4, 0.5) is 0 Å². The number of carbonyl (C=O) groups is 1. The van der Waals surface area contributed by atoms with Crippen molar-refractivity contribution < 1.29 is 9.53 Å². The van der Waals surface area contributed by atoms with E-state index in [-0.39, 0.29) is 22.8 Å². The lowest BCUT2D eigenvalue weighted by molar-refractivity contribution is -0.141. The summed E-state index contributed by atoms with van der Waals surface area (Å²) in [6.07, 6.45) is 0. The molecular weight excluding hydrogens is 827 g/mol. The van der Waals surface area contributed by atoms with Crippen LogP contribution in [0, 0.1) is 0 Å². The van der Waals surface area contributed by atoms with Crippen LogP contribution in [0.15, 0.2) is 0 Å². The first-order valence-electron chi connectivity index (χ1n) is 25.3. The molecule has 0 radical (unpaired) electrons. The van der Waals surface area contributed by atoms with E-state index in [9.17, 15) is 4.79 Å². The second kappa shape index (κ2) is 5.53. The molecule has 68 heavy (non-hydrogen) atoms. The molecule has 1 saturated carbocycles. The van der Waals surface area contributed by atoms with Gasteiger partial charge in [-0.25, -0.2) is 0 Å². The van der Waals surface area contributed by atoms with Gasteiger partial charge in [0.1, 0.15) is 0 Å². The van der Waals surface area contributed by atoms with E-state index in [0.29, 0.717) is 6.54 Å². The van der Waals surface area contributed by atoms with Gasteiger partial charge in [-0.2, -0.15) is 0 Å². The smallest absolute Gasteiger partial charge is 0.319 e. The summed E-state index contributed by atoms with van der Waals surface area (Å²) in [6.45, 7) is 0.299. The molecule has 28 aromatic carbocycles. The molecule has 0 heterocycles. The van der Waals surface area contributed by atoms with Gasteiger partial charge in [-0.1, -0.05) is 0 Å². The maximum absolute atomic E-state index is 13.9. The molecule has 0 N–H and O–H groups in total. The van der Waals surface area contributed by atoms with Gasteiger partial charge in [-0.05, 0) is 320 Å². The van der Waals surface area contributed by atoms with Gasteiger partial charge in [0.25, 0.3) is 0 Å². The number of ether oxygens (including phenoxy) is 1. The maximum Gasteiger partial charge on any atom is 0.319 e. The second-order valence-corrected chi connectivity index (χ2v) is 25.3. The number of esters is 1. The summed E-state index contributed by atoms with van der Waals surface area (Å²) in [5, 5.41) is 87.8. The monoisotopic (exact) mass is 835 g/mol. The van der Waals surface area contributed by atoms with Crippen molar-refractivity contribution in [2.24, 2.45) is 0 Å². The van der Waals surface area contributed by atoms with Crippen LogP contribution in [0.1, 0.15) is 22.3 Å². The standard InChI is InChI=1S/C65H9NO2/c1-66(3-4(67)68-2)63-64-59-51-43-33-23-15-7-5-6-9-13-11(7)19-27-21(13)31-25-17(9)18-10(6)14-12-8(5)16(15)24-30-20(12)28-22(14)32-26(18)36-35(25)45-39(31)49-41(27)47(37(43)29(19)23)55(59)57(49)61-53(45)54-46(36)40(32)50-42(28)48-38(30)44(34(24)33)52(51)60(64)56(48)58(50)62(54)65(61,63)64/h63H,3H2,1-2H3. The molecule has 33 rings (SSSR count). The number of rotatable bonds is 3. The number of hydrogen-bond acceptors (Lipinski definition) is 3. The van der Waals surface area contributed by atoms with E-state index in [1.165, 1.54) is 0 Å². The van der Waals surface area contributed by atoms with Gasteiger partial charge in [0.2, 0.25) is 0 Å². The van der Waals surface area contributed by atoms with Crippen LogP contribution in [-0.2, 0) is 20.4 Å². The molecule has 2 spiro atoms. The van der Waals surface area contributed by atoms with Crippen LogP contribution in [0.25, 0.3) is 291 Å². The molecule has 1 fully saturated rings. The van der Waals surface area contributed by atoms with Crippen molar-refractivity contribution in [2.75, 3.05) is 20.7 Å². The zero-order valence-electron chi connectivity index (χ0n) is 35.0. The van der Waals surface area contributed by atoms with Crippen molar-refractivity contribution >= 4 is 297 Å². The molecule has 0 aliphatic heterocycles. The molecule has 0 bridgehead atoms. The Bertz CT molecular complexity index is 6580. The van der Waals surface area contributed by atoms with E-state index in [1.807, 2.05) is 0 Å². The summed E-state index contributed by atoms with van der Waals surface area (Å²) < 4.78 is 5.63. The predicted octanol–water partition coefficient (Wildman–Crippen LogP) is 15.8. The van der Waals surface area contributed by atoms with E-state index in [4.69, 9.17) is 4.74 Å². The van der Waals surface area contributed by atoms with Crippen molar-refractivity contribution in [2.45, 2.75) is 16.9 Å². The van der Waals surface area contributed by atoms with E-state index >= 15 is 0 Å². The minimum absolute atomic E-state index is 0.0997. The highest BCUT2D eigenvalue weighted by atomic mass is 16.5. The summed E-state index contributed by atoms with van der Waals surface area (Å²) in [7, 11) is 3.91. The molecule has 286 valence electrons. The van der Waals surface area contributed by atoms with E-state index in [2.05, 4.69) is 11.9 Å². The molecule has 0 atom stereocenters. The lowest BCUT2D eigenvalue weighted by atomic mass is 9.68. The third-order valence-electron chi connectivity index (χ3n) is 25.2. The van der Waals surface area contributed by atoms with E-state index in [0.717, 1.165) is 0 Å². The summed E-state index contributed by atoms with van der Waals surface area (Å²) in [5.41, 5.74) is 6.09. The zero-order valence-corrected chi connectivity index (χ0v) is 35.0. The average Bonchev–Trinajstić information content (AvgIpc) is 4.33. The Balaban J connectivity index is 1.19.